The summed E-state index contributed by atoms with van der Waals surface area (Å²) in [6, 6.07) is 0. The summed E-state index contributed by atoms with van der Waals surface area (Å²) in [5.74, 6) is 0.0944. The van der Waals surface area contributed by atoms with Crippen molar-refractivity contribution in [2.75, 3.05) is 19.6 Å². The van der Waals surface area contributed by atoms with Crippen molar-refractivity contribution in [2.24, 2.45) is 5.41 Å². The molecule has 0 fully saturated rings. The van der Waals surface area contributed by atoms with E-state index < -0.39 is 0 Å². The van der Waals surface area contributed by atoms with Gasteiger partial charge in [-0.3, -0.25) is 4.79 Å². The van der Waals surface area contributed by atoms with E-state index in [0.717, 1.165) is 37.4 Å². The number of hydrogen-bond donors (Lipinski definition) is 1. The Hall–Kier alpha value is -1.25. The van der Waals surface area contributed by atoms with Gasteiger partial charge in [0.1, 0.15) is 5.70 Å². The van der Waals surface area contributed by atoms with Crippen molar-refractivity contribution in [1.82, 2.24) is 10.2 Å². The highest BCUT2D eigenvalue weighted by molar-refractivity contribution is 6.18. The summed E-state index contributed by atoms with van der Waals surface area (Å²) in [5, 5.41) is 3.37. The van der Waals surface area contributed by atoms with E-state index in [0.29, 0.717) is 11.0 Å². The summed E-state index contributed by atoms with van der Waals surface area (Å²) in [7, 11) is 0. The molecule has 1 N–H and O–H groups in total. The van der Waals surface area contributed by atoms with Gasteiger partial charge in [0.2, 0.25) is 5.78 Å². The Morgan fingerprint density at radius 3 is 2.22 bits per heavy atom. The summed E-state index contributed by atoms with van der Waals surface area (Å²) in [5.41, 5.74) is 2.70. The Kier molecular flexibility index (Phi) is 4.60. The van der Waals surface area contributed by atoms with Gasteiger partial charge in [0.05, 0.1) is 5.70 Å². The molecule has 0 aliphatic heterocycles. The molecule has 0 bridgehead atoms. The summed E-state index contributed by atoms with van der Waals surface area (Å²) >= 11 is 0. The summed E-state index contributed by atoms with van der Waals surface area (Å²) in [4.78, 5) is 13.9. The number of ketones is 1. The lowest BCUT2D eigenvalue weighted by Gasteiger charge is -2.34. The predicted molar refractivity (Wildman–Crippen MR) is 76.2 cm³/mol. The second kappa shape index (κ2) is 5.59. The van der Waals surface area contributed by atoms with Gasteiger partial charge in [-0.2, -0.15) is 0 Å². The fourth-order valence-electron chi connectivity index (χ4n) is 2.04. The Morgan fingerprint density at radius 2 is 1.78 bits per heavy atom. The largest absolute Gasteiger partial charge is 0.383 e. The van der Waals surface area contributed by atoms with Crippen molar-refractivity contribution in [3.63, 3.8) is 0 Å². The Balaban J connectivity index is 2.71. The first-order valence-electron chi connectivity index (χ1n) is 6.79. The van der Waals surface area contributed by atoms with Gasteiger partial charge in [0.25, 0.3) is 0 Å². The molecule has 18 heavy (non-hydrogen) atoms. The molecule has 1 rings (SSSR count). The number of nitrogens with one attached hydrogen (secondary N) is 1. The van der Waals surface area contributed by atoms with Crippen molar-refractivity contribution < 1.29 is 4.79 Å². The molecule has 102 valence electrons. The first kappa shape index (κ1) is 14.8. The number of hydrogen-bond acceptors (Lipinski definition) is 3. The monoisotopic (exact) mass is 250 g/mol. The fourth-order valence-corrected chi connectivity index (χ4v) is 2.04. The maximum Gasteiger partial charge on any atom is 0.212 e. The quantitative estimate of drug-likeness (QED) is 0.736. The van der Waals surface area contributed by atoms with Gasteiger partial charge in [0.15, 0.2) is 0 Å². The smallest absolute Gasteiger partial charge is 0.212 e. The molecule has 0 saturated heterocycles. The molecule has 3 heteroatoms. The van der Waals surface area contributed by atoms with Crippen molar-refractivity contribution in [3.05, 3.63) is 23.5 Å². The molecule has 0 amide bonds. The first-order chi connectivity index (χ1) is 8.31. The van der Waals surface area contributed by atoms with Gasteiger partial charge in [-0.15, -0.1) is 0 Å². The fraction of sp³-hybridized carbons (Fsp3) is 0.667. The van der Waals surface area contributed by atoms with E-state index in [-0.39, 0.29) is 5.78 Å². The molecule has 0 aromatic carbocycles. The van der Waals surface area contributed by atoms with E-state index in [4.69, 9.17) is 0 Å². The van der Waals surface area contributed by atoms with Crippen LogP contribution in [-0.4, -0.2) is 30.3 Å². The highest BCUT2D eigenvalue weighted by Gasteiger charge is 2.34. The lowest BCUT2D eigenvalue weighted by Crippen LogP contribution is -2.41. The lowest BCUT2D eigenvalue weighted by atomic mass is 9.89. The third-order valence-electron chi connectivity index (χ3n) is 3.28. The molecule has 0 atom stereocenters. The molecule has 0 radical (unpaired) electrons. The molecule has 0 unspecified atom stereocenters. The van der Waals surface area contributed by atoms with Gasteiger partial charge in [-0.25, -0.2) is 0 Å². The SMILES string of the molecule is C=C1C(=O)C(N(CC)CC)=C1NCCC(C)(C)C. The van der Waals surface area contributed by atoms with Crippen LogP contribution in [0.1, 0.15) is 41.0 Å². The average Bonchev–Trinajstić information content (AvgIpc) is 2.30. The topological polar surface area (TPSA) is 32.3 Å². The number of carbonyl (C=O) groups excluding carboxylic acids is 1. The van der Waals surface area contributed by atoms with E-state index >= 15 is 0 Å². The van der Waals surface area contributed by atoms with Crippen LogP contribution in [0.3, 0.4) is 0 Å². The summed E-state index contributed by atoms with van der Waals surface area (Å²) in [6.45, 7) is 17.2. The molecule has 1 aliphatic carbocycles. The minimum absolute atomic E-state index is 0.0944. The third kappa shape index (κ3) is 3.15. The second-order valence-corrected chi connectivity index (χ2v) is 5.94. The molecule has 3 nitrogen and oxygen atoms in total. The van der Waals surface area contributed by atoms with E-state index in [2.05, 4.69) is 51.4 Å². The van der Waals surface area contributed by atoms with Crippen molar-refractivity contribution >= 4 is 5.78 Å². The highest BCUT2D eigenvalue weighted by Crippen LogP contribution is 2.30. The van der Waals surface area contributed by atoms with E-state index in [1.807, 2.05) is 0 Å². The summed E-state index contributed by atoms with van der Waals surface area (Å²) in [6.07, 6.45) is 1.07. The zero-order valence-electron chi connectivity index (χ0n) is 12.4. The van der Waals surface area contributed by atoms with Crippen LogP contribution in [0.2, 0.25) is 0 Å². The van der Waals surface area contributed by atoms with E-state index in [9.17, 15) is 4.79 Å². The molecule has 0 heterocycles. The average molecular weight is 250 g/mol. The van der Waals surface area contributed by atoms with E-state index in [1.54, 1.807) is 0 Å². The molecule has 1 aliphatic rings. The molecule has 0 aromatic rings. The zero-order valence-corrected chi connectivity index (χ0v) is 12.4. The first-order valence-corrected chi connectivity index (χ1v) is 6.79. The van der Waals surface area contributed by atoms with Crippen LogP contribution < -0.4 is 5.32 Å². The van der Waals surface area contributed by atoms with Crippen LogP contribution in [0.25, 0.3) is 0 Å². The van der Waals surface area contributed by atoms with Crippen LogP contribution in [0.15, 0.2) is 23.5 Å². The normalized spacial score (nSPS) is 15.8. The zero-order chi connectivity index (χ0) is 13.9. The Morgan fingerprint density at radius 1 is 1.22 bits per heavy atom. The van der Waals surface area contributed by atoms with Crippen LogP contribution in [0.4, 0.5) is 0 Å². The van der Waals surface area contributed by atoms with Crippen LogP contribution in [-0.2, 0) is 4.79 Å². The number of likely N-dealkylation sites (N-methyl/N-ethyl adjacent to an activating group) is 1. The Bertz CT molecular complexity index is 370. The van der Waals surface area contributed by atoms with Gasteiger partial charge in [-0.1, -0.05) is 27.4 Å². The van der Waals surface area contributed by atoms with E-state index in [1.165, 1.54) is 0 Å². The van der Waals surface area contributed by atoms with Crippen LogP contribution in [0.5, 0.6) is 0 Å². The molecular weight excluding hydrogens is 224 g/mol. The number of carbonyl (C=O) groups is 1. The summed E-state index contributed by atoms with van der Waals surface area (Å²) < 4.78 is 0. The van der Waals surface area contributed by atoms with Crippen molar-refractivity contribution in [2.45, 2.75) is 41.0 Å². The van der Waals surface area contributed by atoms with Crippen molar-refractivity contribution in [1.29, 1.82) is 0 Å². The van der Waals surface area contributed by atoms with Crippen molar-refractivity contribution in [3.8, 4) is 0 Å². The standard InChI is InChI=1S/C15H26N2O/c1-7-17(8-2)13-12(11(3)14(13)18)16-10-9-15(4,5)6/h16H,3,7-10H2,1-2,4-6H3. The predicted octanol–water partition coefficient (Wildman–Crippen LogP) is 2.70. The number of Topliss-reactive ketones (excluding diaryl/α,β-unsaturated/α-hetero) is 1. The van der Waals surface area contributed by atoms with Crippen LogP contribution in [0, 0.1) is 5.41 Å². The number of rotatable bonds is 6. The minimum Gasteiger partial charge on any atom is -0.383 e. The van der Waals surface area contributed by atoms with Gasteiger partial charge < -0.3 is 10.2 Å². The number of nitrogens with zero attached hydrogens (tertiary/aromatic N) is 1. The lowest BCUT2D eigenvalue weighted by molar-refractivity contribution is -0.115. The van der Waals surface area contributed by atoms with Gasteiger partial charge in [0, 0.05) is 25.2 Å². The maximum absolute atomic E-state index is 11.9. The molecule has 0 spiro atoms. The third-order valence-corrected chi connectivity index (χ3v) is 3.28. The Labute approximate surface area is 111 Å². The molecular formula is C15H26N2O. The molecule has 0 saturated carbocycles. The number of allylic oxidation sites excluding steroid dienone is 2. The van der Waals surface area contributed by atoms with Gasteiger partial charge >= 0.3 is 0 Å². The minimum atomic E-state index is 0.0944. The highest BCUT2D eigenvalue weighted by atomic mass is 16.1. The maximum atomic E-state index is 11.9. The molecule has 0 aromatic heterocycles. The second-order valence-electron chi connectivity index (χ2n) is 5.94. The van der Waals surface area contributed by atoms with Gasteiger partial charge in [-0.05, 0) is 25.7 Å². The van der Waals surface area contributed by atoms with Crippen LogP contribution >= 0.6 is 0 Å².